The van der Waals surface area contributed by atoms with Crippen LogP contribution in [0.3, 0.4) is 0 Å². The van der Waals surface area contributed by atoms with Gasteiger partial charge in [-0.1, -0.05) is 19.1 Å². The summed E-state index contributed by atoms with van der Waals surface area (Å²) in [5, 5.41) is 5.90. The molecule has 1 amide bonds. The lowest BCUT2D eigenvalue weighted by molar-refractivity contribution is -0.124. The smallest absolute Gasteiger partial charge is 0.241 e. The molecule has 0 bridgehead atoms. The summed E-state index contributed by atoms with van der Waals surface area (Å²) in [6, 6.07) is 7.46. The number of hydrogen-bond donors (Lipinski definition) is 2. The first-order chi connectivity index (χ1) is 11.4. The highest BCUT2D eigenvalue weighted by molar-refractivity contribution is 7.92. The van der Waals surface area contributed by atoms with Crippen LogP contribution in [0.1, 0.15) is 31.7 Å². The number of rotatable bonds is 7. The van der Waals surface area contributed by atoms with Gasteiger partial charge in [0.2, 0.25) is 5.91 Å². The number of amides is 1. The van der Waals surface area contributed by atoms with Crippen molar-refractivity contribution in [2.45, 2.75) is 37.5 Å². The van der Waals surface area contributed by atoms with Crippen LogP contribution in [0.2, 0.25) is 0 Å². The Hall–Kier alpha value is -1.31. The molecule has 1 fully saturated rings. The lowest BCUT2D eigenvalue weighted by Gasteiger charge is -2.34. The third kappa shape index (κ3) is 5.33. The zero-order valence-electron chi connectivity index (χ0n) is 14.7. The topological polar surface area (TPSA) is 84.5 Å². The number of halogens is 1. The average molecular weight is 391 g/mol. The van der Waals surface area contributed by atoms with Gasteiger partial charge < -0.3 is 15.4 Å². The molecule has 1 saturated heterocycles. The largest absolute Gasteiger partial charge is 0.494 e. The van der Waals surface area contributed by atoms with Crippen LogP contribution in [-0.2, 0) is 21.2 Å². The molecule has 0 aliphatic carbocycles. The van der Waals surface area contributed by atoms with Crippen LogP contribution in [0.15, 0.2) is 24.3 Å². The Labute approximate surface area is 156 Å². The van der Waals surface area contributed by atoms with E-state index >= 15 is 0 Å². The Bertz CT molecular complexity index is 656. The summed E-state index contributed by atoms with van der Waals surface area (Å²) in [5.41, 5.74) is 0.907. The Morgan fingerprint density at radius 2 is 1.84 bits per heavy atom. The van der Waals surface area contributed by atoms with Crippen LogP contribution in [0, 0.1) is 0 Å². The van der Waals surface area contributed by atoms with Crippen molar-refractivity contribution in [3.05, 3.63) is 29.8 Å². The summed E-state index contributed by atoms with van der Waals surface area (Å²) in [6.45, 7) is 4.08. The molecule has 0 unspecified atom stereocenters. The maximum atomic E-state index is 12.6. The predicted molar refractivity (Wildman–Crippen MR) is 101 cm³/mol. The van der Waals surface area contributed by atoms with E-state index in [9.17, 15) is 13.2 Å². The molecule has 0 saturated carbocycles. The van der Waals surface area contributed by atoms with Crippen LogP contribution < -0.4 is 15.4 Å². The van der Waals surface area contributed by atoms with E-state index in [1.165, 1.54) is 0 Å². The van der Waals surface area contributed by atoms with Gasteiger partial charge in [-0.05, 0) is 50.0 Å². The average Bonchev–Trinajstić information content (AvgIpc) is 2.58. The highest BCUT2D eigenvalue weighted by Crippen LogP contribution is 2.28. The minimum absolute atomic E-state index is 0. The van der Waals surface area contributed by atoms with Gasteiger partial charge in [-0.2, -0.15) is 0 Å². The molecule has 0 spiro atoms. The number of benzene rings is 1. The van der Waals surface area contributed by atoms with Crippen molar-refractivity contribution in [1.82, 2.24) is 10.6 Å². The standard InChI is InChI=1S/C17H26N2O4S.ClH/c1-3-12-23-15-6-4-14(5-7-15)13-19-16(20)17(24(2,21)22)8-10-18-11-9-17;/h4-7,18H,3,8-13H2,1-2H3,(H,19,20);1H. The van der Waals surface area contributed by atoms with Gasteiger partial charge in [0.25, 0.3) is 0 Å². The van der Waals surface area contributed by atoms with Crippen LogP contribution in [-0.4, -0.2) is 45.0 Å². The predicted octanol–water partition coefficient (Wildman–Crippen LogP) is 1.68. The van der Waals surface area contributed by atoms with Gasteiger partial charge in [-0.3, -0.25) is 4.79 Å². The van der Waals surface area contributed by atoms with Gasteiger partial charge in [0.05, 0.1) is 6.61 Å². The van der Waals surface area contributed by atoms with Crippen molar-refractivity contribution in [3.63, 3.8) is 0 Å². The molecule has 1 aliphatic rings. The van der Waals surface area contributed by atoms with E-state index in [0.29, 0.717) is 39.1 Å². The highest BCUT2D eigenvalue weighted by Gasteiger charge is 2.48. The van der Waals surface area contributed by atoms with Crippen molar-refractivity contribution in [3.8, 4) is 5.75 Å². The molecule has 1 aliphatic heterocycles. The Balaban J connectivity index is 0.00000312. The molecule has 2 rings (SSSR count). The molecule has 6 nitrogen and oxygen atoms in total. The quantitative estimate of drug-likeness (QED) is 0.740. The first-order valence-electron chi connectivity index (χ1n) is 8.29. The summed E-state index contributed by atoms with van der Waals surface area (Å²) >= 11 is 0. The molecular formula is C17H27ClN2O4S. The normalized spacial score (nSPS) is 16.6. The van der Waals surface area contributed by atoms with Crippen LogP contribution in [0.25, 0.3) is 0 Å². The van der Waals surface area contributed by atoms with E-state index in [2.05, 4.69) is 10.6 Å². The van der Waals surface area contributed by atoms with E-state index in [1.54, 1.807) is 0 Å². The number of carbonyl (C=O) groups excluding carboxylic acids is 1. The number of sulfone groups is 1. The second-order valence-corrected chi connectivity index (χ2v) is 8.52. The van der Waals surface area contributed by atoms with E-state index < -0.39 is 20.5 Å². The molecule has 0 atom stereocenters. The van der Waals surface area contributed by atoms with Crippen LogP contribution >= 0.6 is 12.4 Å². The van der Waals surface area contributed by atoms with Gasteiger partial charge in [-0.25, -0.2) is 8.42 Å². The molecule has 8 heteroatoms. The molecule has 25 heavy (non-hydrogen) atoms. The second-order valence-electron chi connectivity index (χ2n) is 6.19. The second kappa shape index (κ2) is 9.40. The van der Waals surface area contributed by atoms with Gasteiger partial charge in [0.15, 0.2) is 14.6 Å². The van der Waals surface area contributed by atoms with Crippen molar-refractivity contribution in [2.24, 2.45) is 0 Å². The van der Waals surface area contributed by atoms with E-state index in [0.717, 1.165) is 24.0 Å². The number of hydrogen-bond acceptors (Lipinski definition) is 5. The van der Waals surface area contributed by atoms with E-state index in [4.69, 9.17) is 4.74 Å². The third-order valence-electron chi connectivity index (χ3n) is 4.38. The first kappa shape index (κ1) is 21.7. The molecule has 2 N–H and O–H groups in total. The molecular weight excluding hydrogens is 364 g/mol. The highest BCUT2D eigenvalue weighted by atomic mass is 35.5. The fourth-order valence-corrected chi connectivity index (χ4v) is 4.22. The summed E-state index contributed by atoms with van der Waals surface area (Å²) in [5.74, 6) is 0.385. The summed E-state index contributed by atoms with van der Waals surface area (Å²) in [7, 11) is -3.48. The van der Waals surface area contributed by atoms with Gasteiger partial charge in [-0.15, -0.1) is 12.4 Å². The molecule has 0 aromatic heterocycles. The number of ether oxygens (including phenoxy) is 1. The number of nitrogens with one attached hydrogen (secondary N) is 2. The number of piperidine rings is 1. The first-order valence-corrected chi connectivity index (χ1v) is 10.2. The van der Waals surface area contributed by atoms with Crippen molar-refractivity contribution in [1.29, 1.82) is 0 Å². The lowest BCUT2D eigenvalue weighted by Crippen LogP contribution is -2.57. The van der Waals surface area contributed by atoms with Gasteiger partial charge in [0.1, 0.15) is 5.75 Å². The number of carbonyl (C=O) groups is 1. The van der Waals surface area contributed by atoms with E-state index in [1.807, 2.05) is 31.2 Å². The summed E-state index contributed by atoms with van der Waals surface area (Å²) < 4.78 is 28.6. The maximum Gasteiger partial charge on any atom is 0.241 e. The fraction of sp³-hybridized carbons (Fsp3) is 0.588. The van der Waals surface area contributed by atoms with Crippen LogP contribution in [0.4, 0.5) is 0 Å². The molecule has 1 aromatic carbocycles. The van der Waals surface area contributed by atoms with Crippen LogP contribution in [0.5, 0.6) is 5.75 Å². The third-order valence-corrected chi connectivity index (χ3v) is 6.40. The molecule has 0 radical (unpaired) electrons. The van der Waals surface area contributed by atoms with Gasteiger partial charge >= 0.3 is 0 Å². The Morgan fingerprint density at radius 3 is 2.36 bits per heavy atom. The lowest BCUT2D eigenvalue weighted by atomic mass is 9.95. The maximum absolute atomic E-state index is 12.6. The van der Waals surface area contributed by atoms with E-state index in [-0.39, 0.29) is 12.4 Å². The fourth-order valence-electron chi connectivity index (χ4n) is 2.86. The Morgan fingerprint density at radius 1 is 1.24 bits per heavy atom. The zero-order chi connectivity index (χ0) is 17.6. The van der Waals surface area contributed by atoms with Crippen molar-refractivity contribution < 1.29 is 17.9 Å². The minimum atomic E-state index is -3.48. The zero-order valence-corrected chi connectivity index (χ0v) is 16.3. The summed E-state index contributed by atoms with van der Waals surface area (Å²) in [6.07, 6.45) is 2.71. The van der Waals surface area contributed by atoms with Gasteiger partial charge in [0, 0.05) is 12.8 Å². The van der Waals surface area contributed by atoms with Crippen molar-refractivity contribution >= 4 is 28.2 Å². The SMILES string of the molecule is CCCOc1ccc(CNC(=O)C2(S(C)(=O)=O)CCNCC2)cc1.Cl. The van der Waals surface area contributed by atoms with Crippen molar-refractivity contribution in [2.75, 3.05) is 26.0 Å². The molecule has 1 heterocycles. The summed E-state index contributed by atoms with van der Waals surface area (Å²) in [4.78, 5) is 12.6. The Kier molecular flexibility index (Phi) is 8.18. The minimum Gasteiger partial charge on any atom is -0.494 e. The monoisotopic (exact) mass is 390 g/mol. The molecule has 1 aromatic rings. The molecule has 142 valence electrons.